The van der Waals surface area contributed by atoms with Gasteiger partial charge in [0.1, 0.15) is 17.3 Å². The first-order valence-electron chi connectivity index (χ1n) is 7.97. The molecule has 0 aliphatic carbocycles. The molecule has 2 aromatic carbocycles. The van der Waals surface area contributed by atoms with E-state index >= 15 is 0 Å². The van der Waals surface area contributed by atoms with E-state index in [9.17, 15) is 13.6 Å². The second kappa shape index (κ2) is 8.45. The van der Waals surface area contributed by atoms with E-state index in [2.05, 4.69) is 20.8 Å². The van der Waals surface area contributed by atoms with Crippen molar-refractivity contribution >= 4 is 45.5 Å². The first-order valence-corrected chi connectivity index (χ1v) is 9.77. The van der Waals surface area contributed by atoms with Gasteiger partial charge in [-0.15, -0.1) is 10.2 Å². The van der Waals surface area contributed by atoms with Gasteiger partial charge in [-0.05, 0) is 49.2 Å². The number of anilines is 3. The van der Waals surface area contributed by atoms with Crippen molar-refractivity contribution in [3.63, 3.8) is 0 Å². The lowest BCUT2D eigenvalue weighted by atomic mass is 10.1. The van der Waals surface area contributed by atoms with Crippen molar-refractivity contribution in [3.8, 4) is 0 Å². The lowest BCUT2D eigenvalue weighted by Gasteiger charge is -2.06. The third-order valence-corrected chi connectivity index (χ3v) is 5.69. The van der Waals surface area contributed by atoms with Crippen LogP contribution in [0.15, 0.2) is 40.7 Å². The summed E-state index contributed by atoms with van der Waals surface area (Å²) in [6.45, 7) is 4.07. The molecular weight excluding hydrogens is 390 g/mol. The molecule has 0 aliphatic rings. The highest BCUT2D eigenvalue weighted by molar-refractivity contribution is 8.01. The summed E-state index contributed by atoms with van der Waals surface area (Å²) in [7, 11) is 0. The van der Waals surface area contributed by atoms with Crippen LogP contribution in [0.25, 0.3) is 0 Å². The van der Waals surface area contributed by atoms with Gasteiger partial charge < -0.3 is 10.6 Å². The Bertz CT molecular complexity index is 957. The number of aromatic nitrogens is 2. The minimum atomic E-state index is -0.816. The van der Waals surface area contributed by atoms with Crippen LogP contribution in [-0.2, 0) is 4.79 Å². The van der Waals surface area contributed by atoms with Gasteiger partial charge in [0, 0.05) is 5.69 Å². The molecule has 1 aromatic heterocycles. The summed E-state index contributed by atoms with van der Waals surface area (Å²) in [5, 5.41) is 14.0. The average molecular weight is 406 g/mol. The fraction of sp³-hybridized carbons (Fsp3) is 0.167. The van der Waals surface area contributed by atoms with Crippen LogP contribution >= 0.6 is 23.1 Å². The molecule has 0 atom stereocenters. The van der Waals surface area contributed by atoms with Gasteiger partial charge in [0.15, 0.2) is 4.34 Å². The molecule has 0 radical (unpaired) electrons. The molecule has 1 heterocycles. The average Bonchev–Trinajstić information content (AvgIpc) is 3.07. The van der Waals surface area contributed by atoms with Crippen molar-refractivity contribution < 1.29 is 13.6 Å². The second-order valence-electron chi connectivity index (χ2n) is 5.73. The molecule has 3 aromatic rings. The smallest absolute Gasteiger partial charge is 0.234 e. The highest BCUT2D eigenvalue weighted by Gasteiger charge is 2.13. The predicted molar refractivity (Wildman–Crippen MR) is 105 cm³/mol. The van der Waals surface area contributed by atoms with E-state index < -0.39 is 23.2 Å². The lowest BCUT2D eigenvalue weighted by molar-refractivity contribution is -0.113. The molecule has 0 unspecified atom stereocenters. The first-order chi connectivity index (χ1) is 12.9. The molecule has 0 aliphatic heterocycles. The maximum atomic E-state index is 13.5. The maximum Gasteiger partial charge on any atom is 0.234 e. The molecule has 0 fully saturated rings. The number of para-hydroxylation sites is 1. The van der Waals surface area contributed by atoms with Gasteiger partial charge >= 0.3 is 0 Å². The van der Waals surface area contributed by atoms with Crippen LogP contribution in [0.5, 0.6) is 0 Å². The molecule has 2 N–H and O–H groups in total. The number of carbonyl (C=O) groups excluding carboxylic acids is 1. The summed E-state index contributed by atoms with van der Waals surface area (Å²) in [4.78, 5) is 11.9. The Kier molecular flexibility index (Phi) is 6.02. The molecule has 0 bridgehead atoms. The zero-order valence-electron chi connectivity index (χ0n) is 14.5. The molecule has 5 nitrogen and oxygen atoms in total. The first kappa shape index (κ1) is 19.2. The fourth-order valence-corrected chi connectivity index (χ4v) is 3.75. The highest BCUT2D eigenvalue weighted by atomic mass is 32.2. The van der Waals surface area contributed by atoms with E-state index in [0.29, 0.717) is 9.47 Å². The summed E-state index contributed by atoms with van der Waals surface area (Å²) in [6, 6.07) is 9.39. The Morgan fingerprint density at radius 3 is 2.56 bits per heavy atom. The molecule has 9 heteroatoms. The molecule has 0 saturated heterocycles. The summed E-state index contributed by atoms with van der Waals surface area (Å²) < 4.78 is 27.7. The van der Waals surface area contributed by atoms with Crippen LogP contribution in [0.3, 0.4) is 0 Å². The zero-order chi connectivity index (χ0) is 19.4. The van der Waals surface area contributed by atoms with Gasteiger partial charge in [-0.25, -0.2) is 8.78 Å². The number of nitrogens with one attached hydrogen (secondary N) is 2. The Labute approximate surface area is 163 Å². The highest BCUT2D eigenvalue weighted by Crippen LogP contribution is 2.28. The third-order valence-electron chi connectivity index (χ3n) is 3.72. The maximum absolute atomic E-state index is 13.5. The number of aryl methyl sites for hydroxylation is 2. The van der Waals surface area contributed by atoms with Crippen LogP contribution in [0.1, 0.15) is 11.1 Å². The Morgan fingerprint density at radius 1 is 1.11 bits per heavy atom. The number of hydrogen-bond acceptors (Lipinski definition) is 6. The standard InChI is InChI=1S/C18H16F2N4OS2/c1-10-6-7-12(8-11(10)2)21-17-23-24-18(27-17)26-9-15(25)22-16-13(19)4-3-5-14(16)20/h3-8H,9H2,1-2H3,(H,21,23)(H,22,25). The van der Waals surface area contributed by atoms with Gasteiger partial charge in [0.05, 0.1) is 5.75 Å². The number of thioether (sulfide) groups is 1. The Balaban J connectivity index is 1.56. The van der Waals surface area contributed by atoms with E-state index in [1.807, 2.05) is 32.0 Å². The summed E-state index contributed by atoms with van der Waals surface area (Å²) >= 11 is 2.44. The monoisotopic (exact) mass is 406 g/mol. The van der Waals surface area contributed by atoms with Crippen LogP contribution in [0.2, 0.25) is 0 Å². The third kappa shape index (κ3) is 5.01. The second-order valence-corrected chi connectivity index (χ2v) is 7.93. The molecule has 27 heavy (non-hydrogen) atoms. The number of benzene rings is 2. The van der Waals surface area contributed by atoms with Gasteiger partial charge in [-0.2, -0.15) is 0 Å². The van der Waals surface area contributed by atoms with E-state index in [1.165, 1.54) is 23.0 Å². The fourth-order valence-electron chi connectivity index (χ4n) is 2.18. The number of amides is 1. The number of nitrogens with zero attached hydrogens (tertiary/aromatic N) is 2. The van der Waals surface area contributed by atoms with E-state index in [0.717, 1.165) is 35.1 Å². The van der Waals surface area contributed by atoms with Crippen molar-refractivity contribution in [2.75, 3.05) is 16.4 Å². The molecular formula is C18H16F2N4OS2. The normalized spacial score (nSPS) is 10.7. The number of carbonyl (C=O) groups is 1. The van der Waals surface area contributed by atoms with E-state index in [4.69, 9.17) is 0 Å². The topological polar surface area (TPSA) is 66.9 Å². The Morgan fingerprint density at radius 2 is 1.85 bits per heavy atom. The van der Waals surface area contributed by atoms with Crippen LogP contribution in [0.4, 0.5) is 25.3 Å². The van der Waals surface area contributed by atoms with Crippen molar-refractivity contribution in [2.45, 2.75) is 18.2 Å². The van der Waals surface area contributed by atoms with Crippen LogP contribution in [-0.4, -0.2) is 21.9 Å². The largest absolute Gasteiger partial charge is 0.330 e. The van der Waals surface area contributed by atoms with Crippen molar-refractivity contribution in [2.24, 2.45) is 0 Å². The molecule has 0 saturated carbocycles. The van der Waals surface area contributed by atoms with Gasteiger partial charge in [-0.3, -0.25) is 4.79 Å². The van der Waals surface area contributed by atoms with E-state index in [1.54, 1.807) is 0 Å². The number of rotatable bonds is 6. The predicted octanol–water partition coefficient (Wildman–Crippen LogP) is 4.91. The summed E-state index contributed by atoms with van der Waals surface area (Å²) in [5.41, 5.74) is 2.82. The van der Waals surface area contributed by atoms with Crippen molar-refractivity contribution in [1.82, 2.24) is 10.2 Å². The van der Waals surface area contributed by atoms with Gasteiger partial charge in [0.25, 0.3) is 0 Å². The molecule has 1 amide bonds. The van der Waals surface area contributed by atoms with Crippen molar-refractivity contribution in [3.05, 3.63) is 59.2 Å². The Hall–Kier alpha value is -2.52. The summed E-state index contributed by atoms with van der Waals surface area (Å²) in [5.74, 6) is -2.19. The number of halogens is 2. The molecule has 0 spiro atoms. The zero-order valence-corrected chi connectivity index (χ0v) is 16.2. The molecule has 140 valence electrons. The van der Waals surface area contributed by atoms with E-state index in [-0.39, 0.29) is 5.75 Å². The molecule has 3 rings (SSSR count). The van der Waals surface area contributed by atoms with Gasteiger partial charge in [-0.1, -0.05) is 35.2 Å². The number of hydrogen-bond donors (Lipinski definition) is 2. The minimum Gasteiger partial charge on any atom is -0.330 e. The SMILES string of the molecule is Cc1ccc(Nc2nnc(SCC(=O)Nc3c(F)cccc3F)s2)cc1C. The quantitative estimate of drug-likeness (QED) is 0.570. The lowest BCUT2D eigenvalue weighted by Crippen LogP contribution is -2.16. The summed E-state index contributed by atoms with van der Waals surface area (Å²) in [6.07, 6.45) is 0. The van der Waals surface area contributed by atoms with Crippen LogP contribution in [0, 0.1) is 25.5 Å². The van der Waals surface area contributed by atoms with Crippen molar-refractivity contribution in [1.29, 1.82) is 0 Å². The van der Waals surface area contributed by atoms with Crippen LogP contribution < -0.4 is 10.6 Å². The van der Waals surface area contributed by atoms with Gasteiger partial charge in [0.2, 0.25) is 11.0 Å². The minimum absolute atomic E-state index is 0.0357.